The molecule has 4 rings (SSSR count). The first-order chi connectivity index (χ1) is 16.2. The van der Waals surface area contributed by atoms with Gasteiger partial charge >= 0.3 is 6.09 Å². The molecule has 0 spiro atoms. The molecule has 0 saturated carbocycles. The summed E-state index contributed by atoms with van der Waals surface area (Å²) >= 11 is 1.55. The number of carbonyl (C=O) groups excluding carboxylic acids is 2. The summed E-state index contributed by atoms with van der Waals surface area (Å²) in [7, 11) is 1.34. The lowest BCUT2D eigenvalue weighted by molar-refractivity contribution is 0.0698. The van der Waals surface area contributed by atoms with Crippen molar-refractivity contribution < 1.29 is 14.3 Å². The standard InChI is InChI=1S/C23H31N7O3S/c1-14(23(2,3)4)25-18-12-17(20(31)29-8-6-15(7-9-29)26-22(32)33-5)27-19(28-18)16-13-24-30-10-11-34-21(16)30/h10-15H,6-9H2,1-5H3,(H,26,32)(H,25,27,28)/t14-/m0/s1. The van der Waals surface area contributed by atoms with Gasteiger partial charge in [0.1, 0.15) is 16.3 Å². The second-order valence-corrected chi connectivity index (χ2v) is 10.5. The van der Waals surface area contributed by atoms with Crippen LogP contribution in [0.25, 0.3) is 16.2 Å². The van der Waals surface area contributed by atoms with E-state index in [0.717, 1.165) is 10.4 Å². The number of fused-ring (bicyclic) bond motifs is 1. The van der Waals surface area contributed by atoms with Crippen molar-refractivity contribution in [2.75, 3.05) is 25.5 Å². The number of methoxy groups -OCH3 is 1. The van der Waals surface area contributed by atoms with E-state index in [9.17, 15) is 9.59 Å². The number of likely N-dealkylation sites (tertiary alicyclic amines) is 1. The average Bonchev–Trinajstić information content (AvgIpc) is 3.42. The number of anilines is 1. The summed E-state index contributed by atoms with van der Waals surface area (Å²) in [4.78, 5) is 37.0. The molecule has 0 unspecified atom stereocenters. The highest BCUT2D eigenvalue weighted by Gasteiger charge is 2.27. The molecule has 0 aliphatic carbocycles. The second-order valence-electron chi connectivity index (χ2n) is 9.61. The summed E-state index contributed by atoms with van der Waals surface area (Å²) in [6.07, 6.45) is 4.48. The largest absolute Gasteiger partial charge is 0.453 e. The van der Waals surface area contributed by atoms with Gasteiger partial charge < -0.3 is 20.3 Å². The fourth-order valence-electron chi connectivity index (χ4n) is 3.68. The summed E-state index contributed by atoms with van der Waals surface area (Å²) in [5.74, 6) is 0.921. The lowest BCUT2D eigenvalue weighted by atomic mass is 9.88. The van der Waals surface area contributed by atoms with Crippen LogP contribution in [0.1, 0.15) is 51.0 Å². The van der Waals surface area contributed by atoms with Gasteiger partial charge in [-0.25, -0.2) is 19.3 Å². The molecule has 0 aromatic carbocycles. The molecule has 182 valence electrons. The second kappa shape index (κ2) is 9.57. The molecule has 1 atom stereocenters. The molecule has 0 bridgehead atoms. The Morgan fingerprint density at radius 2 is 1.97 bits per heavy atom. The van der Waals surface area contributed by atoms with Crippen molar-refractivity contribution in [2.45, 2.75) is 52.6 Å². The quantitative estimate of drug-likeness (QED) is 0.567. The number of alkyl carbamates (subject to hydrolysis) is 1. The van der Waals surface area contributed by atoms with Crippen molar-refractivity contribution >= 4 is 34.0 Å². The normalized spacial score (nSPS) is 15.9. The molecule has 2 N–H and O–H groups in total. The molecule has 34 heavy (non-hydrogen) atoms. The summed E-state index contributed by atoms with van der Waals surface area (Å²) in [6.45, 7) is 9.60. The van der Waals surface area contributed by atoms with Gasteiger partial charge in [-0.15, -0.1) is 11.3 Å². The third-order valence-electron chi connectivity index (χ3n) is 6.27. The SMILES string of the molecule is COC(=O)NC1CCN(C(=O)c2cc(N[C@@H](C)C(C)(C)C)nc(-c3cnn4ccsc34)n2)CC1. The van der Waals surface area contributed by atoms with Crippen molar-refractivity contribution in [2.24, 2.45) is 5.41 Å². The van der Waals surface area contributed by atoms with Crippen LogP contribution in [0.15, 0.2) is 23.8 Å². The van der Waals surface area contributed by atoms with E-state index in [4.69, 9.17) is 4.98 Å². The van der Waals surface area contributed by atoms with Crippen LogP contribution in [0.3, 0.4) is 0 Å². The van der Waals surface area contributed by atoms with E-state index in [-0.39, 0.29) is 23.4 Å². The number of piperidine rings is 1. The van der Waals surface area contributed by atoms with E-state index in [1.165, 1.54) is 7.11 Å². The van der Waals surface area contributed by atoms with Crippen LogP contribution in [-0.2, 0) is 4.74 Å². The van der Waals surface area contributed by atoms with Crippen molar-refractivity contribution in [1.82, 2.24) is 29.8 Å². The lowest BCUT2D eigenvalue weighted by Gasteiger charge is -2.32. The van der Waals surface area contributed by atoms with Crippen LogP contribution in [-0.4, -0.2) is 68.8 Å². The third kappa shape index (κ3) is 5.14. The summed E-state index contributed by atoms with van der Waals surface area (Å²) < 4.78 is 6.46. The van der Waals surface area contributed by atoms with E-state index >= 15 is 0 Å². The Morgan fingerprint density at radius 1 is 1.24 bits per heavy atom. The van der Waals surface area contributed by atoms with Gasteiger partial charge in [-0.2, -0.15) is 5.10 Å². The molecule has 1 fully saturated rings. The molecule has 1 aliphatic heterocycles. The number of nitrogens with zero attached hydrogens (tertiary/aromatic N) is 5. The first-order valence-corrected chi connectivity index (χ1v) is 12.2. The Kier molecular flexibility index (Phi) is 6.74. The predicted octanol–water partition coefficient (Wildman–Crippen LogP) is 3.66. The van der Waals surface area contributed by atoms with E-state index in [1.807, 2.05) is 11.6 Å². The monoisotopic (exact) mass is 485 g/mol. The molecule has 4 heterocycles. The number of aromatic nitrogens is 4. The van der Waals surface area contributed by atoms with E-state index in [0.29, 0.717) is 43.3 Å². The van der Waals surface area contributed by atoms with Gasteiger partial charge in [0, 0.05) is 42.8 Å². The highest BCUT2D eigenvalue weighted by Crippen LogP contribution is 2.28. The van der Waals surface area contributed by atoms with Gasteiger partial charge in [0.2, 0.25) is 0 Å². The minimum atomic E-state index is -0.449. The van der Waals surface area contributed by atoms with Gasteiger partial charge in [0.25, 0.3) is 5.91 Å². The van der Waals surface area contributed by atoms with Crippen LogP contribution in [0.2, 0.25) is 0 Å². The van der Waals surface area contributed by atoms with Gasteiger partial charge in [-0.1, -0.05) is 20.8 Å². The van der Waals surface area contributed by atoms with Crippen LogP contribution in [0.5, 0.6) is 0 Å². The van der Waals surface area contributed by atoms with Crippen LogP contribution in [0, 0.1) is 5.41 Å². The Labute approximate surface area is 202 Å². The van der Waals surface area contributed by atoms with Crippen LogP contribution >= 0.6 is 11.3 Å². The molecule has 0 radical (unpaired) electrons. The maximum absolute atomic E-state index is 13.4. The molecule has 1 saturated heterocycles. The molecule has 3 aromatic rings. The topological polar surface area (TPSA) is 114 Å². The molecular weight excluding hydrogens is 454 g/mol. The summed E-state index contributed by atoms with van der Waals surface area (Å²) in [5, 5.41) is 12.6. The maximum atomic E-state index is 13.4. The van der Waals surface area contributed by atoms with Gasteiger partial charge in [-0.3, -0.25) is 4.79 Å². The lowest BCUT2D eigenvalue weighted by Crippen LogP contribution is -2.46. The fourth-order valence-corrected chi connectivity index (χ4v) is 4.48. The maximum Gasteiger partial charge on any atom is 0.407 e. The third-order valence-corrected chi connectivity index (χ3v) is 7.16. The predicted molar refractivity (Wildman–Crippen MR) is 131 cm³/mol. The number of hydrogen-bond acceptors (Lipinski definition) is 8. The minimum Gasteiger partial charge on any atom is -0.453 e. The van der Waals surface area contributed by atoms with Crippen molar-refractivity contribution in [3.8, 4) is 11.4 Å². The first-order valence-electron chi connectivity index (χ1n) is 11.4. The molecule has 1 aliphatic rings. The minimum absolute atomic E-state index is 0.00252. The molecule has 11 heteroatoms. The first kappa shape index (κ1) is 23.9. The molecular formula is C23H31N7O3S. The van der Waals surface area contributed by atoms with Gasteiger partial charge in [-0.05, 0) is 25.2 Å². The van der Waals surface area contributed by atoms with E-state index < -0.39 is 6.09 Å². The fraction of sp³-hybridized carbons (Fsp3) is 0.522. The number of hydrogen-bond donors (Lipinski definition) is 2. The number of rotatable bonds is 5. The van der Waals surface area contributed by atoms with Crippen LogP contribution in [0.4, 0.5) is 10.6 Å². The number of ether oxygens (including phenoxy) is 1. The zero-order valence-electron chi connectivity index (χ0n) is 20.2. The van der Waals surface area contributed by atoms with Crippen molar-refractivity contribution in [1.29, 1.82) is 0 Å². The van der Waals surface area contributed by atoms with Crippen molar-refractivity contribution in [3.63, 3.8) is 0 Å². The van der Waals surface area contributed by atoms with Crippen LogP contribution < -0.4 is 10.6 Å². The van der Waals surface area contributed by atoms with E-state index in [1.54, 1.807) is 33.0 Å². The number of nitrogens with one attached hydrogen (secondary N) is 2. The zero-order valence-corrected chi connectivity index (χ0v) is 21.0. The summed E-state index contributed by atoms with van der Waals surface area (Å²) in [5.41, 5.74) is 1.13. The Morgan fingerprint density at radius 3 is 2.65 bits per heavy atom. The average molecular weight is 486 g/mol. The molecule has 3 aromatic heterocycles. The highest BCUT2D eigenvalue weighted by atomic mass is 32.1. The van der Waals surface area contributed by atoms with Gasteiger partial charge in [0.05, 0.1) is 18.9 Å². The number of carbonyl (C=O) groups is 2. The molecule has 10 nitrogen and oxygen atoms in total. The smallest absolute Gasteiger partial charge is 0.407 e. The highest BCUT2D eigenvalue weighted by molar-refractivity contribution is 7.16. The van der Waals surface area contributed by atoms with E-state index in [2.05, 4.69) is 53.1 Å². The molecule has 2 amide bonds. The zero-order chi connectivity index (χ0) is 24.5. The Bertz CT molecular complexity index is 1170. The van der Waals surface area contributed by atoms with Gasteiger partial charge in [0.15, 0.2) is 5.82 Å². The Hall–Kier alpha value is -3.21. The number of thiazole rings is 1. The van der Waals surface area contributed by atoms with Crippen molar-refractivity contribution in [3.05, 3.63) is 29.5 Å². The summed E-state index contributed by atoms with van der Waals surface area (Å²) in [6, 6.07) is 1.83. The number of amides is 2. The Balaban J connectivity index is 1.61.